The SMILES string of the molecule is NC(=O)[C@@H](Cc1cccc(F)c1)NC(=O)CNC(=O)c1ccccc1. The van der Waals surface area contributed by atoms with E-state index in [-0.39, 0.29) is 13.0 Å². The second kappa shape index (κ2) is 8.58. The van der Waals surface area contributed by atoms with Crippen LogP contribution in [0.25, 0.3) is 0 Å². The highest BCUT2D eigenvalue weighted by atomic mass is 19.1. The molecule has 0 saturated carbocycles. The van der Waals surface area contributed by atoms with Gasteiger partial charge in [0.15, 0.2) is 0 Å². The highest BCUT2D eigenvalue weighted by Gasteiger charge is 2.19. The standard InChI is InChI=1S/C18H18FN3O3/c19-14-8-4-5-12(9-14)10-15(17(20)24)22-16(23)11-21-18(25)13-6-2-1-3-7-13/h1-9,15H,10-11H2,(H2,20,24)(H,21,25)(H,22,23)/t15-/m1/s1. The van der Waals surface area contributed by atoms with Crippen LogP contribution in [0.1, 0.15) is 15.9 Å². The van der Waals surface area contributed by atoms with Crippen molar-refractivity contribution in [3.05, 3.63) is 71.5 Å². The van der Waals surface area contributed by atoms with Crippen molar-refractivity contribution >= 4 is 17.7 Å². The van der Waals surface area contributed by atoms with E-state index in [1.807, 2.05) is 0 Å². The first-order valence-corrected chi connectivity index (χ1v) is 7.62. The zero-order valence-electron chi connectivity index (χ0n) is 13.4. The van der Waals surface area contributed by atoms with Gasteiger partial charge in [-0.15, -0.1) is 0 Å². The third-order valence-corrected chi connectivity index (χ3v) is 3.45. The summed E-state index contributed by atoms with van der Waals surface area (Å²) in [6.45, 7) is -0.305. The van der Waals surface area contributed by atoms with Crippen molar-refractivity contribution in [2.45, 2.75) is 12.5 Å². The maximum Gasteiger partial charge on any atom is 0.251 e. The van der Waals surface area contributed by atoms with E-state index < -0.39 is 29.6 Å². The molecular weight excluding hydrogens is 325 g/mol. The predicted octanol–water partition coefficient (Wildman–Crippen LogP) is 0.768. The average molecular weight is 343 g/mol. The van der Waals surface area contributed by atoms with E-state index in [0.717, 1.165) is 0 Å². The van der Waals surface area contributed by atoms with Gasteiger partial charge in [-0.3, -0.25) is 14.4 Å². The highest BCUT2D eigenvalue weighted by molar-refractivity contribution is 5.97. The van der Waals surface area contributed by atoms with Crippen LogP contribution in [0.5, 0.6) is 0 Å². The van der Waals surface area contributed by atoms with Gasteiger partial charge in [-0.2, -0.15) is 0 Å². The Bertz CT molecular complexity index is 765. The molecular formula is C18H18FN3O3. The van der Waals surface area contributed by atoms with Crippen LogP contribution in [-0.2, 0) is 16.0 Å². The summed E-state index contributed by atoms with van der Waals surface area (Å²) in [5.41, 5.74) is 6.23. The molecule has 4 N–H and O–H groups in total. The van der Waals surface area contributed by atoms with Gasteiger partial charge in [0.1, 0.15) is 11.9 Å². The molecule has 0 bridgehead atoms. The van der Waals surface area contributed by atoms with E-state index in [1.165, 1.54) is 18.2 Å². The molecule has 0 aliphatic heterocycles. The smallest absolute Gasteiger partial charge is 0.251 e. The Morgan fingerprint density at radius 2 is 1.76 bits per heavy atom. The van der Waals surface area contributed by atoms with Crippen molar-refractivity contribution in [3.8, 4) is 0 Å². The molecule has 2 aromatic rings. The third-order valence-electron chi connectivity index (χ3n) is 3.45. The van der Waals surface area contributed by atoms with E-state index in [9.17, 15) is 18.8 Å². The molecule has 0 unspecified atom stereocenters. The van der Waals surface area contributed by atoms with E-state index in [0.29, 0.717) is 11.1 Å². The lowest BCUT2D eigenvalue weighted by Gasteiger charge is -2.16. The molecule has 0 radical (unpaired) electrons. The summed E-state index contributed by atoms with van der Waals surface area (Å²) in [6.07, 6.45) is 0.0610. The summed E-state index contributed by atoms with van der Waals surface area (Å²) in [5.74, 6) is -2.16. The van der Waals surface area contributed by atoms with E-state index in [4.69, 9.17) is 5.73 Å². The number of rotatable bonds is 7. The molecule has 6 nitrogen and oxygen atoms in total. The molecule has 0 fully saturated rings. The van der Waals surface area contributed by atoms with Gasteiger partial charge in [-0.1, -0.05) is 30.3 Å². The Kier molecular flexibility index (Phi) is 6.22. The Morgan fingerprint density at radius 3 is 2.40 bits per heavy atom. The number of hydrogen-bond donors (Lipinski definition) is 3. The fraction of sp³-hybridized carbons (Fsp3) is 0.167. The van der Waals surface area contributed by atoms with Gasteiger partial charge in [-0.05, 0) is 29.8 Å². The Labute approximate surface area is 144 Å². The molecule has 0 aliphatic carbocycles. The molecule has 0 aromatic heterocycles. The monoisotopic (exact) mass is 343 g/mol. The normalized spacial score (nSPS) is 11.4. The molecule has 2 rings (SSSR count). The van der Waals surface area contributed by atoms with E-state index in [2.05, 4.69) is 10.6 Å². The van der Waals surface area contributed by atoms with Gasteiger partial charge in [0, 0.05) is 12.0 Å². The lowest BCUT2D eigenvalue weighted by molar-refractivity contribution is -0.126. The molecule has 1 atom stereocenters. The van der Waals surface area contributed by atoms with Gasteiger partial charge < -0.3 is 16.4 Å². The largest absolute Gasteiger partial charge is 0.368 e. The summed E-state index contributed by atoms with van der Waals surface area (Å²) >= 11 is 0. The topological polar surface area (TPSA) is 101 Å². The molecule has 0 spiro atoms. The number of hydrogen-bond acceptors (Lipinski definition) is 3. The Hall–Kier alpha value is -3.22. The molecule has 0 saturated heterocycles. The fourth-order valence-corrected chi connectivity index (χ4v) is 2.22. The van der Waals surface area contributed by atoms with E-state index in [1.54, 1.807) is 36.4 Å². The van der Waals surface area contributed by atoms with Crippen LogP contribution < -0.4 is 16.4 Å². The minimum atomic E-state index is -0.997. The molecule has 7 heteroatoms. The van der Waals surface area contributed by atoms with Crippen LogP contribution in [0, 0.1) is 5.82 Å². The predicted molar refractivity (Wildman–Crippen MR) is 90.0 cm³/mol. The highest BCUT2D eigenvalue weighted by Crippen LogP contribution is 2.06. The number of carbonyl (C=O) groups is 3. The summed E-state index contributed by atoms with van der Waals surface area (Å²) in [7, 11) is 0. The van der Waals surface area contributed by atoms with Gasteiger partial charge in [0.05, 0.1) is 6.54 Å². The minimum absolute atomic E-state index is 0.0610. The van der Waals surface area contributed by atoms with Crippen molar-refractivity contribution < 1.29 is 18.8 Å². The average Bonchev–Trinajstić information content (AvgIpc) is 2.60. The second-order valence-corrected chi connectivity index (χ2v) is 5.41. The maximum atomic E-state index is 13.2. The van der Waals surface area contributed by atoms with Gasteiger partial charge in [0.25, 0.3) is 5.91 Å². The zero-order valence-corrected chi connectivity index (χ0v) is 13.4. The lowest BCUT2D eigenvalue weighted by atomic mass is 10.1. The molecule has 3 amide bonds. The van der Waals surface area contributed by atoms with Crippen molar-refractivity contribution in [2.24, 2.45) is 5.73 Å². The summed E-state index contributed by atoms with van der Waals surface area (Å²) in [4.78, 5) is 35.3. The number of benzene rings is 2. The molecule has 0 heterocycles. The third kappa shape index (κ3) is 5.72. The van der Waals surface area contributed by atoms with Gasteiger partial charge >= 0.3 is 0 Å². The first-order chi connectivity index (χ1) is 12.0. The van der Waals surface area contributed by atoms with Crippen LogP contribution in [-0.4, -0.2) is 30.3 Å². The number of halogens is 1. The molecule has 2 aromatic carbocycles. The van der Waals surface area contributed by atoms with Crippen LogP contribution in [0.15, 0.2) is 54.6 Å². The minimum Gasteiger partial charge on any atom is -0.368 e. The zero-order chi connectivity index (χ0) is 18.2. The van der Waals surface area contributed by atoms with Crippen LogP contribution >= 0.6 is 0 Å². The van der Waals surface area contributed by atoms with Crippen molar-refractivity contribution in [3.63, 3.8) is 0 Å². The molecule has 0 aliphatic rings. The first-order valence-electron chi connectivity index (χ1n) is 7.62. The lowest BCUT2D eigenvalue weighted by Crippen LogP contribution is -2.49. The molecule has 130 valence electrons. The van der Waals surface area contributed by atoms with Crippen LogP contribution in [0.3, 0.4) is 0 Å². The van der Waals surface area contributed by atoms with E-state index >= 15 is 0 Å². The van der Waals surface area contributed by atoms with Gasteiger partial charge in [-0.25, -0.2) is 4.39 Å². The fourth-order valence-electron chi connectivity index (χ4n) is 2.22. The quantitative estimate of drug-likeness (QED) is 0.692. The number of primary amides is 1. The number of amides is 3. The van der Waals surface area contributed by atoms with Crippen LogP contribution in [0.4, 0.5) is 4.39 Å². The van der Waals surface area contributed by atoms with Crippen molar-refractivity contribution in [2.75, 3.05) is 6.54 Å². The number of nitrogens with one attached hydrogen (secondary N) is 2. The molecule has 25 heavy (non-hydrogen) atoms. The van der Waals surface area contributed by atoms with Crippen molar-refractivity contribution in [1.82, 2.24) is 10.6 Å². The summed E-state index contributed by atoms with van der Waals surface area (Å²) in [5, 5.41) is 4.89. The van der Waals surface area contributed by atoms with Crippen molar-refractivity contribution in [1.29, 1.82) is 0 Å². The maximum absolute atomic E-state index is 13.2. The first kappa shape index (κ1) is 18.1. The number of nitrogens with two attached hydrogens (primary N) is 1. The Morgan fingerprint density at radius 1 is 1.04 bits per heavy atom. The van der Waals surface area contributed by atoms with Gasteiger partial charge in [0.2, 0.25) is 11.8 Å². The number of carbonyl (C=O) groups excluding carboxylic acids is 3. The van der Waals surface area contributed by atoms with Crippen LogP contribution in [0.2, 0.25) is 0 Å². The summed E-state index contributed by atoms with van der Waals surface area (Å²) in [6, 6.07) is 13.1. The second-order valence-electron chi connectivity index (χ2n) is 5.41. The summed E-state index contributed by atoms with van der Waals surface area (Å²) < 4.78 is 13.2. The Balaban J connectivity index is 1.89.